The molecule has 1 aliphatic carbocycles. The number of nitrogens with zero attached hydrogens (tertiary/aromatic N) is 2. The molecule has 1 aromatic heterocycles. The van der Waals surface area contributed by atoms with Gasteiger partial charge in [0.05, 0.1) is 5.52 Å². The van der Waals surface area contributed by atoms with E-state index in [-0.39, 0.29) is 5.91 Å². The number of anilines is 2. The Hall–Kier alpha value is -2.82. The Balaban J connectivity index is 1.45. The highest BCUT2D eigenvalue weighted by atomic mass is 16.1. The minimum absolute atomic E-state index is 0.0589. The fourth-order valence-corrected chi connectivity index (χ4v) is 4.08. The largest absolute Gasteiger partial charge is 0.378 e. The van der Waals surface area contributed by atoms with Crippen LogP contribution in [0.4, 0.5) is 11.5 Å². The van der Waals surface area contributed by atoms with Crippen LogP contribution in [-0.4, -0.2) is 30.2 Å². The van der Waals surface area contributed by atoms with Crippen LogP contribution in [-0.2, 0) is 4.79 Å². The van der Waals surface area contributed by atoms with Gasteiger partial charge in [-0.25, -0.2) is 0 Å². The second-order valence-electron chi connectivity index (χ2n) is 8.01. The third kappa shape index (κ3) is 4.03. The number of fused-ring (bicyclic) bond motifs is 1. The molecule has 0 aliphatic heterocycles. The van der Waals surface area contributed by atoms with Gasteiger partial charge in [0, 0.05) is 31.6 Å². The molecule has 4 rings (SSSR count). The van der Waals surface area contributed by atoms with Gasteiger partial charge < -0.3 is 10.2 Å². The van der Waals surface area contributed by atoms with E-state index in [0.29, 0.717) is 12.2 Å². The van der Waals surface area contributed by atoms with Gasteiger partial charge in [-0.15, -0.1) is 0 Å². The smallest absolute Gasteiger partial charge is 0.225 e. The topological polar surface area (TPSA) is 61.0 Å². The van der Waals surface area contributed by atoms with Crippen LogP contribution in [0.1, 0.15) is 38.5 Å². The van der Waals surface area contributed by atoms with Crippen molar-refractivity contribution >= 4 is 28.3 Å². The van der Waals surface area contributed by atoms with E-state index in [2.05, 4.69) is 56.8 Å². The van der Waals surface area contributed by atoms with E-state index >= 15 is 0 Å². The van der Waals surface area contributed by atoms with Crippen LogP contribution in [0.5, 0.6) is 0 Å². The van der Waals surface area contributed by atoms with Gasteiger partial charge in [-0.2, -0.15) is 5.10 Å². The lowest BCUT2D eigenvalue weighted by molar-refractivity contribution is -0.116. The van der Waals surface area contributed by atoms with E-state index in [4.69, 9.17) is 0 Å². The molecule has 1 amide bonds. The quantitative estimate of drug-likeness (QED) is 0.621. The molecule has 0 radical (unpaired) electrons. The first-order chi connectivity index (χ1) is 13.6. The predicted molar refractivity (Wildman–Crippen MR) is 116 cm³/mol. The third-order valence-electron chi connectivity index (χ3n) is 5.79. The van der Waals surface area contributed by atoms with E-state index in [1.165, 1.54) is 31.4 Å². The summed E-state index contributed by atoms with van der Waals surface area (Å²) in [4.78, 5) is 14.4. The first-order valence-corrected chi connectivity index (χ1v) is 10.2. The monoisotopic (exact) mass is 376 g/mol. The van der Waals surface area contributed by atoms with Gasteiger partial charge in [-0.1, -0.05) is 43.9 Å². The molecule has 2 N–H and O–H groups in total. The zero-order valence-electron chi connectivity index (χ0n) is 16.7. The Kier molecular flexibility index (Phi) is 5.33. The summed E-state index contributed by atoms with van der Waals surface area (Å²) in [5.74, 6) is 1.41. The van der Waals surface area contributed by atoms with Crippen molar-refractivity contribution in [2.24, 2.45) is 5.92 Å². The van der Waals surface area contributed by atoms with E-state index in [9.17, 15) is 4.79 Å². The average Bonchev–Trinajstić information content (AvgIpc) is 3.36. The molecule has 0 atom stereocenters. The standard InChI is InChI=1S/C23H28N4O/c1-27(2)19-11-8-17(9-12-19)18-10-13-20-21(15-18)25-26-23(20)24-22(28)14-7-16-5-3-4-6-16/h8-13,15-16H,3-7,14H2,1-2H3,(H2,24,25,26,28). The van der Waals surface area contributed by atoms with Gasteiger partial charge in [-0.05, 0) is 47.7 Å². The summed E-state index contributed by atoms with van der Waals surface area (Å²) >= 11 is 0. The Morgan fingerprint density at radius 2 is 1.82 bits per heavy atom. The van der Waals surface area contributed by atoms with Crippen molar-refractivity contribution in [1.82, 2.24) is 10.2 Å². The lowest BCUT2D eigenvalue weighted by Gasteiger charge is -2.12. The SMILES string of the molecule is CN(C)c1ccc(-c2ccc3c(NC(=O)CCC4CCCC4)n[nH]c3c2)cc1. The minimum Gasteiger partial charge on any atom is -0.378 e. The fourth-order valence-electron chi connectivity index (χ4n) is 4.08. The number of rotatable bonds is 6. The first kappa shape index (κ1) is 18.5. The van der Waals surface area contributed by atoms with Crippen LogP contribution in [0.2, 0.25) is 0 Å². The number of H-pyrrole nitrogens is 1. The molecule has 1 heterocycles. The van der Waals surface area contributed by atoms with Crippen molar-refractivity contribution in [3.8, 4) is 11.1 Å². The zero-order valence-corrected chi connectivity index (χ0v) is 16.7. The lowest BCUT2D eigenvalue weighted by atomic mass is 10.0. The highest BCUT2D eigenvalue weighted by molar-refractivity contribution is 6.00. The first-order valence-electron chi connectivity index (χ1n) is 10.2. The molecule has 5 nitrogen and oxygen atoms in total. The number of aromatic amines is 1. The van der Waals surface area contributed by atoms with Crippen LogP contribution < -0.4 is 10.2 Å². The van der Waals surface area contributed by atoms with Crippen molar-refractivity contribution in [2.45, 2.75) is 38.5 Å². The summed E-state index contributed by atoms with van der Waals surface area (Å²) in [6.07, 6.45) is 6.75. The van der Waals surface area contributed by atoms with Gasteiger partial charge >= 0.3 is 0 Å². The molecule has 3 aromatic rings. The molecule has 0 saturated heterocycles. The maximum atomic E-state index is 12.3. The molecule has 28 heavy (non-hydrogen) atoms. The molecular formula is C23H28N4O. The summed E-state index contributed by atoms with van der Waals surface area (Å²) in [6, 6.07) is 14.7. The Morgan fingerprint density at radius 3 is 2.54 bits per heavy atom. The molecule has 1 fully saturated rings. The van der Waals surface area contributed by atoms with Crippen molar-refractivity contribution in [2.75, 3.05) is 24.3 Å². The van der Waals surface area contributed by atoms with Gasteiger partial charge in [-0.3, -0.25) is 9.89 Å². The highest BCUT2D eigenvalue weighted by Crippen LogP contribution is 2.30. The number of hydrogen-bond donors (Lipinski definition) is 2. The summed E-state index contributed by atoms with van der Waals surface area (Å²) in [5, 5.41) is 11.3. The Labute approximate surface area is 166 Å². The summed E-state index contributed by atoms with van der Waals surface area (Å²) < 4.78 is 0. The van der Waals surface area contributed by atoms with Crippen molar-refractivity contribution in [1.29, 1.82) is 0 Å². The van der Waals surface area contributed by atoms with E-state index in [1.807, 2.05) is 20.2 Å². The minimum atomic E-state index is 0.0589. The number of carbonyl (C=O) groups excluding carboxylic acids is 1. The molecule has 2 aromatic carbocycles. The zero-order chi connectivity index (χ0) is 19.5. The maximum absolute atomic E-state index is 12.3. The van der Waals surface area contributed by atoms with Crippen molar-refractivity contribution < 1.29 is 4.79 Å². The molecule has 1 aliphatic rings. The molecule has 146 valence electrons. The molecule has 0 spiro atoms. The summed E-state index contributed by atoms with van der Waals surface area (Å²) in [7, 11) is 4.07. The van der Waals surface area contributed by atoms with Gasteiger partial charge in [0.1, 0.15) is 0 Å². The second kappa shape index (κ2) is 8.05. The molecule has 1 saturated carbocycles. The van der Waals surface area contributed by atoms with Crippen molar-refractivity contribution in [3.05, 3.63) is 42.5 Å². The van der Waals surface area contributed by atoms with E-state index in [0.717, 1.165) is 34.4 Å². The number of aromatic nitrogens is 2. The van der Waals surface area contributed by atoms with Crippen LogP contribution >= 0.6 is 0 Å². The predicted octanol–water partition coefficient (Wildman–Crippen LogP) is 5.20. The number of hydrogen-bond acceptors (Lipinski definition) is 3. The fraction of sp³-hybridized carbons (Fsp3) is 0.391. The van der Waals surface area contributed by atoms with E-state index < -0.39 is 0 Å². The number of benzene rings is 2. The van der Waals surface area contributed by atoms with Crippen LogP contribution in [0.3, 0.4) is 0 Å². The molecule has 5 heteroatoms. The normalized spacial score (nSPS) is 14.5. The van der Waals surface area contributed by atoms with Crippen molar-refractivity contribution in [3.63, 3.8) is 0 Å². The Morgan fingerprint density at radius 1 is 1.11 bits per heavy atom. The second-order valence-corrected chi connectivity index (χ2v) is 8.01. The maximum Gasteiger partial charge on any atom is 0.225 e. The third-order valence-corrected chi connectivity index (χ3v) is 5.79. The van der Waals surface area contributed by atoms with Gasteiger partial charge in [0.2, 0.25) is 5.91 Å². The molecule has 0 unspecified atom stereocenters. The number of amides is 1. The highest BCUT2D eigenvalue weighted by Gasteiger charge is 2.17. The number of nitrogens with one attached hydrogen (secondary N) is 2. The molecular weight excluding hydrogens is 348 g/mol. The van der Waals surface area contributed by atoms with Gasteiger partial charge in [0.15, 0.2) is 5.82 Å². The Bertz CT molecular complexity index is 952. The van der Waals surface area contributed by atoms with Crippen LogP contribution in [0, 0.1) is 5.92 Å². The summed E-state index contributed by atoms with van der Waals surface area (Å²) in [5.41, 5.74) is 4.39. The van der Waals surface area contributed by atoms with E-state index in [1.54, 1.807) is 0 Å². The van der Waals surface area contributed by atoms with Crippen LogP contribution in [0.15, 0.2) is 42.5 Å². The average molecular weight is 377 g/mol. The summed E-state index contributed by atoms with van der Waals surface area (Å²) in [6.45, 7) is 0. The lowest BCUT2D eigenvalue weighted by Crippen LogP contribution is -2.13. The number of carbonyl (C=O) groups is 1. The molecule has 0 bridgehead atoms. The van der Waals surface area contributed by atoms with Gasteiger partial charge in [0.25, 0.3) is 0 Å². The van der Waals surface area contributed by atoms with Crippen LogP contribution in [0.25, 0.3) is 22.0 Å².